The summed E-state index contributed by atoms with van der Waals surface area (Å²) in [7, 11) is 0. The molecule has 0 amide bonds. The maximum atomic E-state index is 4.04. The summed E-state index contributed by atoms with van der Waals surface area (Å²) in [6.07, 6.45) is 4.07. The van der Waals surface area contributed by atoms with Crippen LogP contribution in [-0.4, -0.2) is 13.2 Å². The molecule has 125 valence electrons. The minimum atomic E-state index is -1.18. The Labute approximate surface area is 152 Å². The molecule has 0 aromatic rings. The van der Waals surface area contributed by atoms with Crippen molar-refractivity contribution in [3.05, 3.63) is 20.6 Å². The van der Waals surface area contributed by atoms with Crippen molar-refractivity contribution in [3.8, 4) is 0 Å². The summed E-state index contributed by atoms with van der Waals surface area (Å²) in [5, 5.41) is 0. The van der Waals surface area contributed by atoms with E-state index in [1.807, 2.05) is 3.88 Å². The molecule has 0 aliphatic heterocycles. The van der Waals surface area contributed by atoms with Crippen molar-refractivity contribution >= 4 is 31.5 Å². The number of rotatable bonds is 7. The second-order valence-electron chi connectivity index (χ2n) is 6.27. The molecule has 1 nitrogen and oxygen atoms in total. The normalized spacial score (nSPS) is 18.0. The number of halogens is 2. The van der Waals surface area contributed by atoms with Crippen molar-refractivity contribution in [1.29, 1.82) is 0 Å². The van der Waals surface area contributed by atoms with Crippen molar-refractivity contribution in [2.24, 2.45) is 5.92 Å². The van der Waals surface area contributed by atoms with Crippen LogP contribution in [-0.2, 0) is 17.4 Å². The van der Waals surface area contributed by atoms with Gasteiger partial charge in [-0.15, -0.1) is 24.8 Å². The Morgan fingerprint density at radius 3 is 2.00 bits per heavy atom. The zero-order valence-electron chi connectivity index (χ0n) is 14.8. The van der Waals surface area contributed by atoms with E-state index < -0.39 is 24.0 Å². The van der Waals surface area contributed by atoms with Gasteiger partial charge in [-0.2, -0.15) is 0 Å². The van der Waals surface area contributed by atoms with Crippen molar-refractivity contribution in [2.45, 2.75) is 67.0 Å². The molecule has 0 bridgehead atoms. The van der Waals surface area contributed by atoms with Crippen molar-refractivity contribution in [2.75, 3.05) is 6.54 Å². The van der Waals surface area contributed by atoms with E-state index in [0.29, 0.717) is 0 Å². The Morgan fingerprint density at radius 1 is 1.05 bits per heavy atom. The molecule has 0 saturated heterocycles. The molecule has 0 radical (unpaired) electrons. The molecule has 1 atom stereocenters. The van der Waals surface area contributed by atoms with E-state index in [1.54, 1.807) is 16.7 Å². The zero-order valence-corrected chi connectivity index (χ0v) is 19.1. The molecular formula is C16H34Cl2NSiTi. The number of hydrogen-bond donors (Lipinski definition) is 1. The third-order valence-corrected chi connectivity index (χ3v) is 16.4. The Kier molecular flexibility index (Phi) is 13.2. The van der Waals surface area contributed by atoms with Gasteiger partial charge in [-0.25, -0.2) is 0 Å². The molecule has 0 saturated carbocycles. The Balaban J connectivity index is 0. The Bertz CT molecular complexity index is 380. The SMILES string of the molecule is CCCCC[NH][Ti]([C]1=C(C)C(C)=C(C)C1C)[SiH](C)C.Cl.Cl. The van der Waals surface area contributed by atoms with Gasteiger partial charge < -0.3 is 0 Å². The van der Waals surface area contributed by atoms with Crippen molar-refractivity contribution in [1.82, 2.24) is 3.80 Å². The third-order valence-electron chi connectivity index (χ3n) is 4.60. The van der Waals surface area contributed by atoms with Crippen LogP contribution < -0.4 is 3.80 Å². The van der Waals surface area contributed by atoms with Gasteiger partial charge in [-0.3, -0.25) is 0 Å². The van der Waals surface area contributed by atoms with Crippen LogP contribution in [0.15, 0.2) is 20.6 Å². The van der Waals surface area contributed by atoms with Crippen LogP contribution in [0.1, 0.15) is 53.9 Å². The Hall–Kier alpha value is 0.951. The monoisotopic (exact) mass is 386 g/mol. The minimum Gasteiger partial charge on any atom is -0.147 e. The first kappa shape index (κ1) is 24.2. The van der Waals surface area contributed by atoms with E-state index in [2.05, 4.69) is 51.5 Å². The topological polar surface area (TPSA) is 12.0 Å². The molecule has 0 aromatic carbocycles. The zero-order chi connectivity index (χ0) is 14.6. The smallest absolute Gasteiger partial charge is 0.147 e. The van der Waals surface area contributed by atoms with Crippen LogP contribution in [0.2, 0.25) is 13.1 Å². The maximum absolute atomic E-state index is 4.04. The maximum Gasteiger partial charge on any atom is -0.147 e. The quantitative estimate of drug-likeness (QED) is 0.457. The molecule has 1 N–H and O–H groups in total. The molecule has 5 heteroatoms. The molecule has 0 fully saturated rings. The van der Waals surface area contributed by atoms with Crippen LogP contribution in [0.4, 0.5) is 0 Å². The van der Waals surface area contributed by atoms with Gasteiger partial charge in [0.05, 0.1) is 0 Å². The summed E-state index contributed by atoms with van der Waals surface area (Å²) < 4.78 is 5.91. The molecule has 1 unspecified atom stereocenters. The second-order valence-corrected chi connectivity index (χ2v) is 19.1. The van der Waals surface area contributed by atoms with E-state index >= 15 is 0 Å². The van der Waals surface area contributed by atoms with Gasteiger partial charge in [0, 0.05) is 0 Å². The van der Waals surface area contributed by atoms with Crippen LogP contribution >= 0.6 is 24.8 Å². The van der Waals surface area contributed by atoms with Gasteiger partial charge in [-0.05, 0) is 0 Å². The molecule has 21 heavy (non-hydrogen) atoms. The average molecular weight is 387 g/mol. The first-order chi connectivity index (χ1) is 8.91. The summed E-state index contributed by atoms with van der Waals surface area (Å²) >= 11 is -1.18. The fourth-order valence-electron chi connectivity index (χ4n) is 3.01. The fraction of sp³-hybridized carbons (Fsp3) is 0.750. The van der Waals surface area contributed by atoms with E-state index in [4.69, 9.17) is 0 Å². The van der Waals surface area contributed by atoms with Crippen LogP contribution in [0, 0.1) is 5.92 Å². The summed E-state index contributed by atoms with van der Waals surface area (Å²) in [5.41, 5.74) is 4.85. The summed E-state index contributed by atoms with van der Waals surface area (Å²) in [6, 6.07) is 0. The minimum absolute atomic E-state index is 0. The molecule has 1 rings (SSSR count). The fourth-order valence-corrected chi connectivity index (χ4v) is 14.4. The number of nitrogens with one attached hydrogen (secondary N) is 1. The van der Waals surface area contributed by atoms with Gasteiger partial charge in [0.15, 0.2) is 0 Å². The number of unbranched alkanes of at least 4 members (excludes halogenated alkanes) is 2. The number of hydrogen-bond acceptors (Lipinski definition) is 1. The van der Waals surface area contributed by atoms with Gasteiger partial charge in [0.2, 0.25) is 0 Å². The van der Waals surface area contributed by atoms with Crippen molar-refractivity contribution < 1.29 is 17.4 Å². The third kappa shape index (κ3) is 6.16. The van der Waals surface area contributed by atoms with Gasteiger partial charge in [0.1, 0.15) is 0 Å². The predicted octanol–water partition coefficient (Wildman–Crippen LogP) is 5.39. The first-order valence-electron chi connectivity index (χ1n) is 7.91. The number of allylic oxidation sites excluding steroid dienone is 4. The molecule has 0 aromatic heterocycles. The Morgan fingerprint density at radius 2 is 1.62 bits per heavy atom. The van der Waals surface area contributed by atoms with E-state index in [1.165, 1.54) is 25.8 Å². The van der Waals surface area contributed by atoms with E-state index in [9.17, 15) is 0 Å². The van der Waals surface area contributed by atoms with Gasteiger partial charge in [-0.1, -0.05) is 0 Å². The molecule has 0 spiro atoms. The summed E-state index contributed by atoms with van der Waals surface area (Å²) in [6.45, 7) is 17.6. The average Bonchev–Trinajstić information content (AvgIpc) is 2.55. The molecular weight excluding hydrogens is 353 g/mol. The second kappa shape index (κ2) is 11.5. The van der Waals surface area contributed by atoms with E-state index in [-0.39, 0.29) is 24.8 Å². The van der Waals surface area contributed by atoms with Crippen molar-refractivity contribution in [3.63, 3.8) is 0 Å². The summed E-state index contributed by atoms with van der Waals surface area (Å²) in [5.74, 6) is 0.726. The first-order valence-corrected chi connectivity index (χ1v) is 15.1. The van der Waals surface area contributed by atoms with Crippen LogP contribution in [0.25, 0.3) is 0 Å². The predicted molar refractivity (Wildman–Crippen MR) is 101 cm³/mol. The van der Waals surface area contributed by atoms with Gasteiger partial charge in [0.25, 0.3) is 0 Å². The van der Waals surface area contributed by atoms with Gasteiger partial charge >= 0.3 is 128 Å². The molecule has 1 aliphatic rings. The van der Waals surface area contributed by atoms with Crippen LogP contribution in [0.5, 0.6) is 0 Å². The van der Waals surface area contributed by atoms with E-state index in [0.717, 1.165) is 5.92 Å². The molecule has 0 heterocycles. The largest absolute Gasteiger partial charge is 0.147 e. The van der Waals surface area contributed by atoms with Crippen LogP contribution in [0.3, 0.4) is 0 Å². The summed E-state index contributed by atoms with van der Waals surface area (Å²) in [4.78, 5) is 0. The standard InChI is InChI=1S/C9H13.C5H12N.C2H7Si.2ClH.Ti/c1-6-5-7(2)9(4)8(6)3;1-2-3-4-5-6;1-3-2;;;/h6H,1-4H3;6H,2-5H2,1H3;3H,1-2H3;2*1H;/q;-1;;;;+1. The molecule has 1 aliphatic carbocycles.